The van der Waals surface area contributed by atoms with Crippen LogP contribution in [0.5, 0.6) is 11.5 Å². The number of rotatable bonds is 8. The molecule has 0 fully saturated rings. The van der Waals surface area contributed by atoms with Crippen molar-refractivity contribution in [2.45, 2.75) is 9.79 Å². The number of aromatic nitrogens is 8. The number of carbonyl (C=O) groups is 2. The number of benzene rings is 2. The van der Waals surface area contributed by atoms with Gasteiger partial charge in [-0.1, -0.05) is 5.75 Å². The zero-order chi connectivity index (χ0) is 38.1. The molecule has 29 heteroatoms. The van der Waals surface area contributed by atoms with Crippen molar-refractivity contribution in [3.8, 4) is 11.5 Å². The predicted molar refractivity (Wildman–Crippen MR) is 162 cm³/mol. The number of pyridine rings is 2. The van der Waals surface area contributed by atoms with Crippen molar-refractivity contribution in [3.05, 3.63) is 68.8 Å². The minimum atomic E-state index is -4.57. The third kappa shape index (κ3) is 8.57. The minimum absolute atomic E-state index is 0. The molecule has 0 saturated carbocycles. The van der Waals surface area contributed by atoms with Crippen molar-refractivity contribution in [1.82, 2.24) is 40.3 Å². The quantitative estimate of drug-likeness (QED) is 0.0543. The molecule has 0 atom stereocenters. The Hall–Kier alpha value is -6.81. The summed E-state index contributed by atoms with van der Waals surface area (Å²) in [6, 6.07) is 6.14. The summed E-state index contributed by atoms with van der Waals surface area (Å²) in [6.45, 7) is 0. The van der Waals surface area contributed by atoms with E-state index in [9.17, 15) is 51.3 Å². The predicted octanol–water partition coefficient (Wildman–Crippen LogP) is -0.545. The van der Waals surface area contributed by atoms with Gasteiger partial charge in [-0.15, -0.1) is 30.7 Å². The van der Waals surface area contributed by atoms with Crippen molar-refractivity contribution < 1.29 is 72.4 Å². The molecule has 0 unspecified atom stereocenters. The molecule has 0 aliphatic heterocycles. The first kappa shape index (κ1) is 39.0. The van der Waals surface area contributed by atoms with Crippen LogP contribution in [0.2, 0.25) is 0 Å². The number of aromatic hydroxyl groups is 1. The van der Waals surface area contributed by atoms with Crippen molar-refractivity contribution in [1.29, 1.82) is 0 Å². The van der Waals surface area contributed by atoms with E-state index in [0.29, 0.717) is 0 Å². The number of fused-ring (bicyclic) bond motifs is 2. The molecule has 276 valence electrons. The van der Waals surface area contributed by atoms with Gasteiger partial charge in [0.05, 0.1) is 15.3 Å². The molecule has 6 aromatic rings. The number of aromatic carboxylic acids is 2. The number of nitrogens with zero attached hydrogens (tertiary/aromatic N) is 8. The molecular weight excluding hydrogens is 803 g/mol. The average Bonchev–Trinajstić information content (AvgIpc) is 3.74. The van der Waals surface area contributed by atoms with Gasteiger partial charge in [0.15, 0.2) is 17.3 Å². The van der Waals surface area contributed by atoms with E-state index in [1.165, 1.54) is 6.07 Å². The maximum absolute atomic E-state index is 12.4. The molecule has 0 amide bonds. The monoisotopic (exact) mass is 816 g/mol. The molecule has 8 N–H and O–H groups in total. The molecule has 4 heterocycles. The maximum Gasteiger partial charge on any atom is 2.00 e. The minimum Gasteiger partial charge on any atom is -0.870 e. The molecular formula is C24H14N12NiO14S2. The Kier molecular flexibility index (Phi) is 10.9. The summed E-state index contributed by atoms with van der Waals surface area (Å²) in [6.07, 6.45) is 0. The van der Waals surface area contributed by atoms with Gasteiger partial charge >= 0.3 is 22.5 Å². The van der Waals surface area contributed by atoms with Crippen LogP contribution < -0.4 is 21.3 Å². The summed E-state index contributed by atoms with van der Waals surface area (Å²) in [5.41, 5.74) is -2.99. The number of carboxylic acid groups (broad SMARTS) is 2. The molecule has 0 aliphatic rings. The summed E-state index contributed by atoms with van der Waals surface area (Å²) < 4.78 is 62.9. The fourth-order valence-electron chi connectivity index (χ4n) is 3.95. The van der Waals surface area contributed by atoms with Gasteiger partial charge in [-0.25, -0.2) is 4.79 Å². The summed E-state index contributed by atoms with van der Waals surface area (Å²) in [5.74, 6) is -6.73. The van der Waals surface area contributed by atoms with Gasteiger partial charge in [0, 0.05) is 10.9 Å². The van der Waals surface area contributed by atoms with Crippen molar-refractivity contribution >= 4 is 77.3 Å². The maximum atomic E-state index is 12.4. The first-order valence-electron chi connectivity index (χ1n) is 13.2. The van der Waals surface area contributed by atoms with Gasteiger partial charge < -0.3 is 35.2 Å². The van der Waals surface area contributed by atoms with Crippen molar-refractivity contribution in [2.24, 2.45) is 20.5 Å². The van der Waals surface area contributed by atoms with E-state index in [1.54, 1.807) is 0 Å². The first-order chi connectivity index (χ1) is 24.3. The van der Waals surface area contributed by atoms with Gasteiger partial charge in [0.1, 0.15) is 11.7 Å². The Morgan fingerprint density at radius 3 is 1.64 bits per heavy atom. The van der Waals surface area contributed by atoms with Gasteiger partial charge in [-0.3, -0.25) is 28.9 Å². The molecule has 6 rings (SSSR count). The number of hydrogen-bond acceptors (Lipinski definition) is 19. The van der Waals surface area contributed by atoms with E-state index in [-0.39, 0.29) is 38.3 Å². The van der Waals surface area contributed by atoms with Gasteiger partial charge in [-0.05, 0) is 41.8 Å². The number of H-pyrrole nitrogens is 4. The summed E-state index contributed by atoms with van der Waals surface area (Å²) in [5, 5.41) is 66.0. The van der Waals surface area contributed by atoms with Crippen LogP contribution in [0, 0.1) is 0 Å². The fraction of sp³-hybridized carbons (Fsp3) is 0. The Labute approximate surface area is 299 Å². The molecule has 26 nitrogen and oxygen atoms in total. The van der Waals surface area contributed by atoms with Crippen LogP contribution in [0.3, 0.4) is 0 Å². The van der Waals surface area contributed by atoms with Crippen LogP contribution in [-0.2, 0) is 36.7 Å². The second-order valence-corrected chi connectivity index (χ2v) is 12.5. The molecule has 2 aromatic carbocycles. The SMILES string of the molecule is O=C(O)c1nc(N=Nc2c(O)c3cc(S(=O)(=O)O)ccc3[nH]c2=O)n[nH]1.O=C([O-])c1nc(N=Nc2c([O-])c3cc(S(=O)(=O)O)ccc3[nH]c2=O)n[nH]1.[Ni+2]. The normalized spacial score (nSPS) is 11.8. The fourth-order valence-corrected chi connectivity index (χ4v) is 4.97. The second-order valence-electron chi connectivity index (χ2n) is 9.61. The van der Waals surface area contributed by atoms with Crippen LogP contribution in [0.4, 0.5) is 23.3 Å². The largest absolute Gasteiger partial charge is 2.00 e. The number of carbonyl (C=O) groups excluding carboxylic acids is 1. The number of azo groups is 2. The molecule has 53 heavy (non-hydrogen) atoms. The van der Waals surface area contributed by atoms with E-state index >= 15 is 0 Å². The zero-order valence-electron chi connectivity index (χ0n) is 25.0. The molecule has 0 bridgehead atoms. The molecule has 0 radical (unpaired) electrons. The van der Waals surface area contributed by atoms with Crippen LogP contribution in [0.25, 0.3) is 21.8 Å². The molecule has 0 spiro atoms. The summed E-state index contributed by atoms with van der Waals surface area (Å²) >= 11 is 0. The second kappa shape index (κ2) is 14.8. The van der Waals surface area contributed by atoms with E-state index in [2.05, 4.69) is 55.7 Å². The number of hydrogen-bond donors (Lipinski definition) is 8. The number of aromatic amines is 4. The van der Waals surface area contributed by atoms with Crippen molar-refractivity contribution in [3.63, 3.8) is 0 Å². The molecule has 0 aliphatic carbocycles. The van der Waals surface area contributed by atoms with E-state index < -0.39 is 99.5 Å². The molecule has 4 aromatic heterocycles. The van der Waals surface area contributed by atoms with Gasteiger partial charge in [0.25, 0.3) is 43.3 Å². The number of nitrogens with one attached hydrogen (secondary N) is 4. The standard InChI is InChI=1S/2C12H8N6O7S.Ni/c2*19-8-5-3-4(26(23,24)25)1-2-6(5)13-10(20)7(8)15-17-12-14-9(11(21)22)16-18-12;/h2*1-3H,(H,21,22)(H2,13,19,20)(H,14,16,18)(H,23,24,25);/q;;+2/p-2. The average molecular weight is 817 g/mol. The third-order valence-electron chi connectivity index (χ3n) is 6.27. The van der Waals surface area contributed by atoms with Crippen LogP contribution in [-0.4, -0.2) is 88.4 Å². The topological polar surface area (TPSA) is 428 Å². The smallest absolute Gasteiger partial charge is 0.870 e. The number of carboxylic acids is 2. The van der Waals surface area contributed by atoms with Gasteiger partial charge in [-0.2, -0.15) is 26.8 Å². The van der Waals surface area contributed by atoms with Crippen LogP contribution in [0.1, 0.15) is 21.2 Å². The zero-order valence-corrected chi connectivity index (χ0v) is 27.7. The third-order valence-corrected chi connectivity index (χ3v) is 7.96. The van der Waals surface area contributed by atoms with Gasteiger partial charge in [0.2, 0.25) is 5.82 Å². The molecule has 0 saturated heterocycles. The Bertz CT molecular complexity index is 2650. The Morgan fingerprint density at radius 1 is 0.717 bits per heavy atom. The summed E-state index contributed by atoms with van der Waals surface area (Å²) in [7, 11) is -9.10. The Morgan fingerprint density at radius 2 is 1.17 bits per heavy atom. The van der Waals surface area contributed by atoms with E-state index in [1.807, 2.05) is 5.10 Å². The first-order valence-corrected chi connectivity index (χ1v) is 16.1. The Balaban J connectivity index is 0.000000232. The summed E-state index contributed by atoms with van der Waals surface area (Å²) in [4.78, 5) is 55.6. The van der Waals surface area contributed by atoms with Crippen molar-refractivity contribution in [2.75, 3.05) is 0 Å². The van der Waals surface area contributed by atoms with Crippen LogP contribution >= 0.6 is 0 Å². The van der Waals surface area contributed by atoms with E-state index in [0.717, 1.165) is 30.3 Å². The van der Waals surface area contributed by atoms with E-state index in [4.69, 9.17) is 14.2 Å². The van der Waals surface area contributed by atoms with Crippen LogP contribution in [0.15, 0.2) is 76.2 Å².